The summed E-state index contributed by atoms with van der Waals surface area (Å²) < 4.78 is 0. The Morgan fingerprint density at radius 1 is 0.574 bits per heavy atom. The van der Waals surface area contributed by atoms with Gasteiger partial charge >= 0.3 is 5.97 Å². The van der Waals surface area contributed by atoms with E-state index in [4.69, 9.17) is 28.7 Å². The van der Waals surface area contributed by atoms with Gasteiger partial charge in [0.25, 0.3) is 0 Å². The number of aliphatic carboxylic acids is 1. The van der Waals surface area contributed by atoms with Crippen LogP contribution < -0.4 is 87.2 Å². The molecule has 5 aromatic rings. The Kier molecular flexibility index (Phi) is 37.3. The number of aliphatic hydroxyl groups excluding tert-OH is 2. The highest BCUT2D eigenvalue weighted by atomic mass is 16.4. The molecule has 1 aliphatic heterocycles. The predicted octanol–water partition coefficient (Wildman–Crippen LogP) is -4.49. The molecule has 0 radical (unpaired) electrons. The Morgan fingerprint density at radius 2 is 1.10 bits per heavy atom. The number of guanidine groups is 1. The number of hydrogen-bond acceptors (Lipinski definition) is 21. The zero-order chi connectivity index (χ0) is 84.3. The number of likely N-dealkylation sites (tertiary alicyclic amines) is 1. The number of imidazole rings is 1. The number of para-hydroxylation sites is 1. The van der Waals surface area contributed by atoms with E-state index in [1.54, 1.807) is 81.6 Å². The number of aromatic nitrogens is 3. The van der Waals surface area contributed by atoms with Crippen LogP contribution in [0.1, 0.15) is 120 Å². The van der Waals surface area contributed by atoms with Crippen LogP contribution in [0.3, 0.4) is 0 Å². The van der Waals surface area contributed by atoms with Gasteiger partial charge in [-0.1, -0.05) is 94.3 Å². The lowest BCUT2D eigenvalue weighted by Crippen LogP contribution is -2.61. The summed E-state index contributed by atoms with van der Waals surface area (Å²) in [4.78, 5) is 212. The van der Waals surface area contributed by atoms with Crippen LogP contribution in [0.2, 0.25) is 0 Å². The number of aliphatic hydroxyl groups is 2. The fourth-order valence-electron chi connectivity index (χ4n) is 12.7. The molecule has 3 heterocycles. The van der Waals surface area contributed by atoms with Crippen molar-refractivity contribution in [1.82, 2.24) is 78.3 Å². The number of nitrogens with one attached hydrogen (secondary N) is 13. The summed E-state index contributed by atoms with van der Waals surface area (Å²) in [7, 11) is 0. The SMILES string of the molecule is CCCC[C@H](NC(=O)[C@H](CO)NC(=O)[C@H](Cc1ccc(O)cc1)NC(=O)[C@@H](N)CO)C(=O)N[C@@H](CCC(=O)O)C(=O)N[C@@H](Cc1c[nH]cn1)C(=O)N[C@H](Cc1ccccc1)C(=O)N[C@@H](CCCN=C(N)N)C(=O)N[C@@H](Cc1c[nH]c2ccccc12)C(=O)NCC(=O)N[C@@H](CCCCN)C(=O)N1CCC[C@H]1C(=O)N[C@H](C(N)=O)C(C)C. The summed E-state index contributed by atoms with van der Waals surface area (Å²) in [5.41, 5.74) is 30.7. The number of aliphatic imine (C=N–C) groups is 1. The number of nitrogens with two attached hydrogens (primary N) is 5. The van der Waals surface area contributed by atoms with E-state index >= 15 is 14.4 Å². The van der Waals surface area contributed by atoms with Gasteiger partial charge in [-0.05, 0) is 105 Å². The van der Waals surface area contributed by atoms with Gasteiger partial charge in [0.2, 0.25) is 76.8 Å². The molecular formula is C76H109N21O18. The first-order valence-corrected chi connectivity index (χ1v) is 38.1. The second-order valence-electron chi connectivity index (χ2n) is 28.3. The van der Waals surface area contributed by atoms with Crippen molar-refractivity contribution >= 4 is 99.6 Å². The molecule has 3 aromatic carbocycles. The first kappa shape index (κ1) is 91.8. The van der Waals surface area contributed by atoms with Crippen LogP contribution in [0.5, 0.6) is 5.75 Å². The number of phenolic OH excluding ortho intramolecular Hbond substituents is 1. The second-order valence-corrected chi connectivity index (χ2v) is 28.3. The van der Waals surface area contributed by atoms with Crippen LogP contribution in [0.25, 0.3) is 10.9 Å². The minimum absolute atomic E-state index is 0.0333. The minimum Gasteiger partial charge on any atom is -0.508 e. The number of phenols is 1. The molecule has 27 N–H and O–H groups in total. The fourth-order valence-corrected chi connectivity index (χ4v) is 12.7. The lowest BCUT2D eigenvalue weighted by Gasteiger charge is -2.30. The van der Waals surface area contributed by atoms with Gasteiger partial charge < -0.3 is 122 Å². The third-order valence-electron chi connectivity index (χ3n) is 19.1. The number of amides is 13. The van der Waals surface area contributed by atoms with Crippen molar-refractivity contribution in [1.29, 1.82) is 0 Å². The van der Waals surface area contributed by atoms with Crippen molar-refractivity contribution in [3.05, 3.63) is 120 Å². The number of carbonyl (C=O) groups is 14. The number of fused-ring (bicyclic) bond motifs is 1. The number of nitrogens with zero attached hydrogens (tertiary/aromatic N) is 3. The predicted molar refractivity (Wildman–Crippen MR) is 419 cm³/mol. The molecule has 0 unspecified atom stereocenters. The first-order chi connectivity index (χ1) is 54.9. The average Bonchev–Trinajstić information content (AvgIpc) is 1.39. The van der Waals surface area contributed by atoms with Gasteiger partial charge in [0.15, 0.2) is 5.96 Å². The number of benzene rings is 3. The maximum absolute atomic E-state index is 15.2. The molecule has 115 heavy (non-hydrogen) atoms. The molecule has 39 nitrogen and oxygen atoms in total. The van der Waals surface area contributed by atoms with Crippen LogP contribution in [-0.4, -0.2) is 241 Å². The number of carboxylic acid groups (broad SMARTS) is 1. The molecule has 2 aromatic heterocycles. The average molecular weight is 1600 g/mol. The van der Waals surface area contributed by atoms with Crippen LogP contribution in [0.4, 0.5) is 0 Å². The van der Waals surface area contributed by atoms with Crippen molar-refractivity contribution in [2.24, 2.45) is 39.6 Å². The number of carbonyl (C=O) groups excluding carboxylic acids is 13. The van der Waals surface area contributed by atoms with Crippen LogP contribution in [-0.2, 0) is 92.8 Å². The van der Waals surface area contributed by atoms with Gasteiger partial charge in [0.1, 0.15) is 78.3 Å². The number of aromatic amines is 2. The van der Waals surface area contributed by atoms with Crippen molar-refractivity contribution < 1.29 is 87.5 Å². The molecule has 1 saturated heterocycles. The molecule has 0 bridgehead atoms. The number of H-pyrrole nitrogens is 2. The number of unbranched alkanes of at least 4 members (excludes halogenated alkanes) is 2. The number of rotatable bonds is 49. The number of hydrogen-bond donors (Lipinski definition) is 22. The van der Waals surface area contributed by atoms with Crippen LogP contribution in [0, 0.1) is 5.92 Å². The second kappa shape index (κ2) is 46.8. The molecule has 1 aliphatic rings. The zero-order valence-corrected chi connectivity index (χ0v) is 64.5. The van der Waals surface area contributed by atoms with E-state index in [0.29, 0.717) is 53.3 Å². The van der Waals surface area contributed by atoms with Gasteiger partial charge in [-0.2, -0.15) is 0 Å². The first-order valence-electron chi connectivity index (χ1n) is 38.1. The van der Waals surface area contributed by atoms with Gasteiger partial charge in [0, 0.05) is 68.5 Å². The third-order valence-corrected chi connectivity index (χ3v) is 19.1. The minimum atomic E-state index is -1.79. The quantitative estimate of drug-likeness (QED) is 0.00991. The molecular weight excluding hydrogens is 1490 g/mol. The summed E-state index contributed by atoms with van der Waals surface area (Å²) in [6.45, 7) is 2.96. The molecule has 6 rings (SSSR count). The molecule has 12 atom stereocenters. The van der Waals surface area contributed by atoms with E-state index in [2.05, 4.69) is 78.4 Å². The lowest BCUT2D eigenvalue weighted by atomic mass is 10.0. The Bertz CT molecular complexity index is 4120. The van der Waals surface area contributed by atoms with E-state index in [9.17, 15) is 73.2 Å². The Morgan fingerprint density at radius 3 is 1.66 bits per heavy atom. The summed E-state index contributed by atoms with van der Waals surface area (Å²) in [6.07, 6.45) is 3.96. The van der Waals surface area contributed by atoms with E-state index in [1.165, 1.54) is 41.7 Å². The van der Waals surface area contributed by atoms with Crippen molar-refractivity contribution in [2.75, 3.05) is 39.4 Å². The van der Waals surface area contributed by atoms with Gasteiger partial charge in [-0.25, -0.2) is 4.98 Å². The standard InChI is InChI=1S/C76H109N21O18/c1-4-5-18-51(89-73(113)59(40-99)95-71(111)55(91-65(105)49(78)39-98)33-44-23-25-47(100)26-24-44)67(107)90-53(27-28-62(102)103)69(109)94-58(35-46-37-82-41-86-46)72(112)92-56(32-43-15-7-6-8-16-43)70(110)88-52(21-13-30-83-76(80)81)68(108)93-57(34-45-36-84-50-19-10-9-17-48(45)50)66(106)85-38-61(101)87-54(20-11-12-29-77)75(115)97-31-14-22-60(97)74(114)96-63(42(2)3)64(79)104/h6-10,15-17,19,23-26,36-37,41-42,49,51-60,63,84,98-100H,4-5,11-14,18,20-22,27-35,38-40,77-78H2,1-3H3,(H2,79,104)(H,82,86)(H,85,106)(H,87,101)(H,88,110)(H,89,113)(H,90,107)(H,91,105)(H,92,112)(H,93,108)(H,94,109)(H,95,111)(H,96,114)(H,102,103)(H4,80,81,83)/t49-,51-,52-,53-,54-,55-,56+,57-,58-,59-,60-,63-/m0/s1. The summed E-state index contributed by atoms with van der Waals surface area (Å²) >= 11 is 0. The number of carboxylic acids is 1. The Labute approximate surface area is 663 Å². The van der Waals surface area contributed by atoms with E-state index in [0.717, 1.165) is 0 Å². The maximum Gasteiger partial charge on any atom is 0.303 e. The fraction of sp³-hybridized carbons (Fsp3) is 0.500. The number of primary amides is 1. The van der Waals surface area contributed by atoms with Crippen LogP contribution >= 0.6 is 0 Å². The molecule has 0 saturated carbocycles. The van der Waals surface area contributed by atoms with Crippen molar-refractivity contribution in [2.45, 2.75) is 196 Å². The highest BCUT2D eigenvalue weighted by Crippen LogP contribution is 2.23. The van der Waals surface area contributed by atoms with Crippen LogP contribution in [0.15, 0.2) is 103 Å². The van der Waals surface area contributed by atoms with Gasteiger partial charge in [-0.3, -0.25) is 72.1 Å². The largest absolute Gasteiger partial charge is 0.508 e. The summed E-state index contributed by atoms with van der Waals surface area (Å²) in [5.74, 6) is -14.0. The Hall–Kier alpha value is -12.1. The van der Waals surface area contributed by atoms with E-state index < -0.39 is 194 Å². The molecule has 626 valence electrons. The molecule has 13 amide bonds. The monoisotopic (exact) mass is 1600 g/mol. The van der Waals surface area contributed by atoms with Gasteiger partial charge in [0.05, 0.1) is 31.8 Å². The normalized spacial score (nSPS) is 15.4. The summed E-state index contributed by atoms with van der Waals surface area (Å²) in [6, 6.07) is 3.40. The highest BCUT2D eigenvalue weighted by molar-refractivity contribution is 6.00. The van der Waals surface area contributed by atoms with E-state index in [-0.39, 0.29) is 101 Å². The smallest absolute Gasteiger partial charge is 0.303 e. The lowest BCUT2D eigenvalue weighted by molar-refractivity contribution is -0.142. The molecule has 39 heteroatoms. The Balaban J connectivity index is 1.25. The topological polar surface area (TPSA) is 642 Å². The van der Waals surface area contributed by atoms with Crippen molar-refractivity contribution in [3.8, 4) is 5.75 Å². The maximum atomic E-state index is 15.2. The number of aromatic hydroxyl groups is 1. The van der Waals surface area contributed by atoms with Gasteiger partial charge in [-0.15, -0.1) is 0 Å². The molecule has 0 aliphatic carbocycles. The zero-order valence-electron chi connectivity index (χ0n) is 64.5. The third kappa shape index (κ3) is 29.7. The molecule has 1 fully saturated rings. The highest BCUT2D eigenvalue weighted by Gasteiger charge is 2.41. The van der Waals surface area contributed by atoms with Crippen molar-refractivity contribution in [3.63, 3.8) is 0 Å². The van der Waals surface area contributed by atoms with E-state index in [1.807, 2.05) is 0 Å². The molecule has 0 spiro atoms. The summed E-state index contributed by atoms with van der Waals surface area (Å²) in [5, 5.41) is 68.8.